The predicted molar refractivity (Wildman–Crippen MR) is 47.8 cm³/mol. The molecule has 0 radical (unpaired) electrons. The highest BCUT2D eigenvalue weighted by molar-refractivity contribution is 5.75. The number of hydrogen-bond donors (Lipinski definition) is 2. The Morgan fingerprint density at radius 3 is 3.08 bits per heavy atom. The Balaban J connectivity index is 2.07. The summed E-state index contributed by atoms with van der Waals surface area (Å²) < 4.78 is 0. The van der Waals surface area contributed by atoms with Gasteiger partial charge in [0, 0.05) is 31.9 Å². The van der Waals surface area contributed by atoms with Gasteiger partial charge in [-0.05, 0) is 18.6 Å². The number of H-pyrrole nitrogens is 1. The summed E-state index contributed by atoms with van der Waals surface area (Å²) >= 11 is 0. The van der Waals surface area contributed by atoms with Gasteiger partial charge in [0.15, 0.2) is 0 Å². The summed E-state index contributed by atoms with van der Waals surface area (Å²) in [5.41, 5.74) is 1.22. The predicted octanol–water partition coefficient (Wildman–Crippen LogP) is 1.08. The molecule has 0 fully saturated rings. The minimum Gasteiger partial charge on any atom is -0.367 e. The number of ketones is 1. The molecule has 0 bridgehead atoms. The zero-order valence-electron chi connectivity index (χ0n) is 7.26. The topological polar surface area (TPSA) is 44.9 Å². The standard InChI is InChI=1S/C9H14N2O/c1-8(12)2-4-10-6-9-3-5-11-7-9/h3,5,7,10-11H,2,4,6H2,1H3. The summed E-state index contributed by atoms with van der Waals surface area (Å²) in [5.74, 6) is 0.233. The van der Waals surface area contributed by atoms with Crippen molar-refractivity contribution in [1.82, 2.24) is 10.3 Å². The molecular weight excluding hydrogens is 152 g/mol. The molecular formula is C9H14N2O. The maximum atomic E-state index is 10.6. The van der Waals surface area contributed by atoms with Crippen LogP contribution in [0.25, 0.3) is 0 Å². The van der Waals surface area contributed by atoms with Crippen LogP contribution in [0.1, 0.15) is 18.9 Å². The van der Waals surface area contributed by atoms with Crippen molar-refractivity contribution >= 4 is 5.78 Å². The van der Waals surface area contributed by atoms with Crippen LogP contribution in [-0.4, -0.2) is 17.3 Å². The number of rotatable bonds is 5. The summed E-state index contributed by atoms with van der Waals surface area (Å²) in [6, 6.07) is 2.01. The van der Waals surface area contributed by atoms with Gasteiger partial charge in [0.25, 0.3) is 0 Å². The van der Waals surface area contributed by atoms with E-state index in [0.29, 0.717) is 6.42 Å². The van der Waals surface area contributed by atoms with E-state index in [2.05, 4.69) is 10.3 Å². The first kappa shape index (κ1) is 9.00. The number of aromatic nitrogens is 1. The molecule has 0 aliphatic heterocycles. The fourth-order valence-corrected chi connectivity index (χ4v) is 0.966. The summed E-state index contributed by atoms with van der Waals surface area (Å²) in [7, 11) is 0. The Bertz CT molecular complexity index is 229. The van der Waals surface area contributed by atoms with Crippen LogP contribution >= 0.6 is 0 Å². The summed E-state index contributed by atoms with van der Waals surface area (Å²) in [6.07, 6.45) is 4.45. The number of Topliss-reactive ketones (excluding diaryl/α,β-unsaturated/α-hetero) is 1. The van der Waals surface area contributed by atoms with Gasteiger partial charge in [-0.2, -0.15) is 0 Å². The third-order valence-corrected chi connectivity index (χ3v) is 1.65. The second kappa shape index (κ2) is 4.72. The van der Waals surface area contributed by atoms with Gasteiger partial charge in [-0.15, -0.1) is 0 Å². The van der Waals surface area contributed by atoms with Crippen molar-refractivity contribution < 1.29 is 4.79 Å². The zero-order chi connectivity index (χ0) is 8.81. The van der Waals surface area contributed by atoms with Gasteiger partial charge in [-0.25, -0.2) is 0 Å². The van der Waals surface area contributed by atoms with Gasteiger partial charge in [-0.3, -0.25) is 4.79 Å². The lowest BCUT2D eigenvalue weighted by atomic mass is 10.3. The molecule has 3 heteroatoms. The van der Waals surface area contributed by atoms with Crippen LogP contribution in [0.15, 0.2) is 18.5 Å². The Labute approximate surface area is 72.2 Å². The van der Waals surface area contributed by atoms with Gasteiger partial charge < -0.3 is 10.3 Å². The van der Waals surface area contributed by atoms with E-state index in [1.54, 1.807) is 6.92 Å². The summed E-state index contributed by atoms with van der Waals surface area (Å²) in [5, 5.41) is 3.18. The normalized spacial score (nSPS) is 10.1. The van der Waals surface area contributed by atoms with E-state index in [1.807, 2.05) is 18.5 Å². The first-order valence-electron chi connectivity index (χ1n) is 4.11. The SMILES string of the molecule is CC(=O)CCNCc1cc[nH]c1. The van der Waals surface area contributed by atoms with Crippen LogP contribution in [0.2, 0.25) is 0 Å². The average Bonchev–Trinajstić information content (AvgIpc) is 2.49. The first-order valence-corrected chi connectivity index (χ1v) is 4.11. The van der Waals surface area contributed by atoms with Crippen LogP contribution in [-0.2, 0) is 11.3 Å². The molecule has 0 saturated heterocycles. The van der Waals surface area contributed by atoms with Crippen molar-refractivity contribution in [2.75, 3.05) is 6.54 Å². The van der Waals surface area contributed by atoms with Crippen molar-refractivity contribution in [3.63, 3.8) is 0 Å². The number of aromatic amines is 1. The highest BCUT2D eigenvalue weighted by atomic mass is 16.1. The molecule has 0 atom stereocenters. The molecule has 66 valence electrons. The van der Waals surface area contributed by atoms with E-state index in [1.165, 1.54) is 5.56 Å². The molecule has 1 rings (SSSR count). The van der Waals surface area contributed by atoms with Gasteiger partial charge in [-0.1, -0.05) is 0 Å². The fourth-order valence-electron chi connectivity index (χ4n) is 0.966. The molecule has 1 aromatic heterocycles. The van der Waals surface area contributed by atoms with Crippen molar-refractivity contribution in [2.24, 2.45) is 0 Å². The van der Waals surface area contributed by atoms with E-state index < -0.39 is 0 Å². The zero-order valence-corrected chi connectivity index (χ0v) is 7.26. The molecule has 0 unspecified atom stereocenters. The monoisotopic (exact) mass is 166 g/mol. The Hall–Kier alpha value is -1.09. The van der Waals surface area contributed by atoms with E-state index >= 15 is 0 Å². The van der Waals surface area contributed by atoms with Crippen LogP contribution in [0.3, 0.4) is 0 Å². The molecule has 0 saturated carbocycles. The average molecular weight is 166 g/mol. The molecule has 0 aliphatic carbocycles. The van der Waals surface area contributed by atoms with Gasteiger partial charge in [0.05, 0.1) is 0 Å². The molecule has 1 aromatic rings. The minimum absolute atomic E-state index is 0.233. The molecule has 0 spiro atoms. The molecule has 2 N–H and O–H groups in total. The van der Waals surface area contributed by atoms with Gasteiger partial charge in [0.2, 0.25) is 0 Å². The van der Waals surface area contributed by atoms with Crippen molar-refractivity contribution in [3.8, 4) is 0 Å². The maximum absolute atomic E-state index is 10.6. The number of carbonyl (C=O) groups is 1. The lowest BCUT2D eigenvalue weighted by molar-refractivity contribution is -0.116. The second-order valence-electron chi connectivity index (χ2n) is 2.85. The third-order valence-electron chi connectivity index (χ3n) is 1.65. The van der Waals surface area contributed by atoms with Crippen molar-refractivity contribution in [3.05, 3.63) is 24.0 Å². The van der Waals surface area contributed by atoms with Crippen LogP contribution < -0.4 is 5.32 Å². The van der Waals surface area contributed by atoms with Crippen LogP contribution in [0.5, 0.6) is 0 Å². The number of nitrogens with one attached hydrogen (secondary N) is 2. The molecule has 0 aromatic carbocycles. The van der Waals surface area contributed by atoms with E-state index in [0.717, 1.165) is 13.1 Å². The van der Waals surface area contributed by atoms with E-state index in [9.17, 15) is 4.79 Å². The molecule has 3 nitrogen and oxygen atoms in total. The van der Waals surface area contributed by atoms with Crippen LogP contribution in [0, 0.1) is 0 Å². The van der Waals surface area contributed by atoms with Crippen molar-refractivity contribution in [2.45, 2.75) is 19.9 Å². The molecule has 0 amide bonds. The van der Waals surface area contributed by atoms with Gasteiger partial charge >= 0.3 is 0 Å². The maximum Gasteiger partial charge on any atom is 0.131 e. The Kier molecular flexibility index (Phi) is 3.54. The third kappa shape index (κ3) is 3.34. The Morgan fingerprint density at radius 1 is 1.67 bits per heavy atom. The lowest BCUT2D eigenvalue weighted by Gasteiger charge is -1.99. The highest BCUT2D eigenvalue weighted by Gasteiger charge is 1.93. The van der Waals surface area contributed by atoms with Crippen molar-refractivity contribution in [1.29, 1.82) is 0 Å². The number of hydrogen-bond acceptors (Lipinski definition) is 2. The fraction of sp³-hybridized carbons (Fsp3) is 0.444. The summed E-state index contributed by atoms with van der Waals surface area (Å²) in [4.78, 5) is 13.5. The van der Waals surface area contributed by atoms with Crippen LogP contribution in [0.4, 0.5) is 0 Å². The lowest BCUT2D eigenvalue weighted by Crippen LogP contribution is -2.16. The number of carbonyl (C=O) groups excluding carboxylic acids is 1. The van der Waals surface area contributed by atoms with E-state index in [4.69, 9.17) is 0 Å². The highest BCUT2D eigenvalue weighted by Crippen LogP contribution is 1.94. The largest absolute Gasteiger partial charge is 0.367 e. The minimum atomic E-state index is 0.233. The Morgan fingerprint density at radius 2 is 2.50 bits per heavy atom. The summed E-state index contributed by atoms with van der Waals surface area (Å²) in [6.45, 7) is 3.20. The molecule has 0 aliphatic rings. The van der Waals surface area contributed by atoms with Gasteiger partial charge in [0.1, 0.15) is 5.78 Å². The molecule has 12 heavy (non-hydrogen) atoms. The smallest absolute Gasteiger partial charge is 0.131 e. The first-order chi connectivity index (χ1) is 5.79. The van der Waals surface area contributed by atoms with E-state index in [-0.39, 0.29) is 5.78 Å². The quantitative estimate of drug-likeness (QED) is 0.643. The molecule has 1 heterocycles. The second-order valence-corrected chi connectivity index (χ2v) is 2.85.